The summed E-state index contributed by atoms with van der Waals surface area (Å²) < 4.78 is 71.1. The lowest BCUT2D eigenvalue weighted by Gasteiger charge is -2.34. The molecule has 1 saturated heterocycles. The minimum Gasteiger partial charge on any atom is -0.484 e. The molecule has 0 bridgehead atoms. The van der Waals surface area contributed by atoms with Crippen LogP contribution in [-0.2, 0) is 33.8 Å². The summed E-state index contributed by atoms with van der Waals surface area (Å²) in [4.78, 5) is 13.6. The molecule has 6 nitrogen and oxygen atoms in total. The summed E-state index contributed by atoms with van der Waals surface area (Å²) >= 11 is 0. The molecule has 2 aromatic rings. The van der Waals surface area contributed by atoms with E-state index in [0.717, 1.165) is 41.8 Å². The van der Waals surface area contributed by atoms with Gasteiger partial charge in [-0.05, 0) is 60.7 Å². The number of hydrogen-bond acceptors (Lipinski definition) is 4. The quantitative estimate of drug-likeness (QED) is 0.677. The van der Waals surface area contributed by atoms with Crippen LogP contribution in [0.1, 0.15) is 23.1 Å². The van der Waals surface area contributed by atoms with Crippen molar-refractivity contribution < 1.29 is 31.1 Å². The van der Waals surface area contributed by atoms with Crippen molar-refractivity contribution in [1.82, 2.24) is 9.21 Å². The molecule has 1 aliphatic heterocycles. The zero-order chi connectivity index (χ0) is 22.9. The van der Waals surface area contributed by atoms with E-state index in [4.69, 9.17) is 4.74 Å². The maximum Gasteiger partial charge on any atom is 0.416 e. The van der Waals surface area contributed by atoms with Crippen LogP contribution < -0.4 is 4.74 Å². The maximum absolute atomic E-state index is 12.9. The number of aryl methyl sites for hydroxylation is 2. The number of amides is 1. The monoisotopic (exact) mass is 468 g/mol. The molecule has 2 aliphatic rings. The van der Waals surface area contributed by atoms with Crippen molar-refractivity contribution >= 4 is 15.9 Å². The molecule has 10 heteroatoms. The fourth-order valence-electron chi connectivity index (χ4n) is 4.03. The molecule has 0 N–H and O–H groups in total. The van der Waals surface area contributed by atoms with Crippen molar-refractivity contribution in [2.45, 2.75) is 30.3 Å². The number of alkyl halides is 3. The van der Waals surface area contributed by atoms with Crippen LogP contribution in [0, 0.1) is 0 Å². The average Bonchev–Trinajstić information content (AvgIpc) is 3.25. The van der Waals surface area contributed by atoms with Crippen LogP contribution >= 0.6 is 0 Å². The predicted octanol–water partition coefficient (Wildman–Crippen LogP) is 3.11. The number of piperazine rings is 1. The van der Waals surface area contributed by atoms with Crippen molar-refractivity contribution in [2.75, 3.05) is 32.8 Å². The Labute approximate surface area is 184 Å². The van der Waals surface area contributed by atoms with Crippen LogP contribution in [-0.4, -0.2) is 56.3 Å². The normalized spacial score (nSPS) is 17.3. The molecule has 2 aromatic carbocycles. The Morgan fingerprint density at radius 2 is 1.69 bits per heavy atom. The molecule has 32 heavy (non-hydrogen) atoms. The van der Waals surface area contributed by atoms with Gasteiger partial charge in [0.1, 0.15) is 5.75 Å². The van der Waals surface area contributed by atoms with Crippen molar-refractivity contribution in [2.24, 2.45) is 0 Å². The summed E-state index contributed by atoms with van der Waals surface area (Å²) in [6.45, 7) is 0.140. The molecule has 0 atom stereocenters. The standard InChI is InChI=1S/C22H23F3N2O4S/c23-22(24,25)18-5-2-6-20(14-18)32(29,30)27-11-9-26(10-12-27)21(28)15-31-19-8-7-16-3-1-4-17(16)13-19/h2,5-8,13-14H,1,3-4,9-12,15H2. The Morgan fingerprint density at radius 3 is 2.41 bits per heavy atom. The number of carbonyl (C=O) groups excluding carboxylic acids is 1. The highest BCUT2D eigenvalue weighted by Crippen LogP contribution is 2.31. The molecule has 0 spiro atoms. The molecule has 0 saturated carbocycles. The summed E-state index contributed by atoms with van der Waals surface area (Å²) in [5.74, 6) is 0.367. The second-order valence-electron chi connectivity index (χ2n) is 7.88. The number of ether oxygens (including phenoxy) is 1. The molecule has 1 heterocycles. The third-order valence-electron chi connectivity index (χ3n) is 5.82. The minimum absolute atomic E-state index is 0.00314. The molecule has 0 aromatic heterocycles. The highest BCUT2D eigenvalue weighted by atomic mass is 32.2. The summed E-state index contributed by atoms with van der Waals surface area (Å²) in [5.41, 5.74) is 1.53. The second kappa shape index (κ2) is 8.74. The zero-order valence-corrected chi connectivity index (χ0v) is 18.1. The lowest BCUT2D eigenvalue weighted by Crippen LogP contribution is -2.51. The van der Waals surface area contributed by atoms with Gasteiger partial charge in [0.05, 0.1) is 10.5 Å². The van der Waals surface area contributed by atoms with E-state index < -0.39 is 26.7 Å². The number of rotatable bonds is 5. The lowest BCUT2D eigenvalue weighted by atomic mass is 10.1. The van der Waals surface area contributed by atoms with Crippen LogP contribution in [0.2, 0.25) is 0 Å². The van der Waals surface area contributed by atoms with E-state index in [2.05, 4.69) is 0 Å². The number of sulfonamides is 1. The Balaban J connectivity index is 1.34. The molecular formula is C22H23F3N2O4S. The smallest absolute Gasteiger partial charge is 0.416 e. The molecule has 1 aliphatic carbocycles. The molecule has 4 rings (SSSR count). The molecule has 172 valence electrons. The molecule has 0 unspecified atom stereocenters. The fraction of sp³-hybridized carbons (Fsp3) is 0.409. The summed E-state index contributed by atoms with van der Waals surface area (Å²) in [7, 11) is -4.09. The van der Waals surface area contributed by atoms with E-state index in [1.165, 1.54) is 16.0 Å². The molecule has 1 amide bonds. The summed E-state index contributed by atoms with van der Waals surface area (Å²) in [5, 5.41) is 0. The minimum atomic E-state index is -4.63. The van der Waals surface area contributed by atoms with Gasteiger partial charge in [-0.1, -0.05) is 12.1 Å². The van der Waals surface area contributed by atoms with Gasteiger partial charge in [-0.2, -0.15) is 17.5 Å². The Kier molecular flexibility index (Phi) is 6.17. The predicted molar refractivity (Wildman–Crippen MR) is 111 cm³/mol. The Morgan fingerprint density at radius 1 is 0.969 bits per heavy atom. The number of nitrogens with zero attached hydrogens (tertiary/aromatic N) is 2. The van der Waals surface area contributed by atoms with E-state index in [9.17, 15) is 26.4 Å². The highest BCUT2D eigenvalue weighted by Gasteiger charge is 2.34. The Hall–Kier alpha value is -2.59. The van der Waals surface area contributed by atoms with Crippen LogP contribution in [0.5, 0.6) is 5.75 Å². The molecular weight excluding hydrogens is 445 g/mol. The van der Waals surface area contributed by atoms with Gasteiger partial charge >= 0.3 is 6.18 Å². The van der Waals surface area contributed by atoms with Crippen molar-refractivity contribution in [1.29, 1.82) is 0 Å². The lowest BCUT2D eigenvalue weighted by molar-refractivity contribution is -0.138. The van der Waals surface area contributed by atoms with Gasteiger partial charge in [0.2, 0.25) is 10.0 Å². The number of hydrogen-bond donors (Lipinski definition) is 0. The average molecular weight is 468 g/mol. The van der Waals surface area contributed by atoms with E-state index >= 15 is 0 Å². The van der Waals surface area contributed by atoms with Gasteiger partial charge in [-0.25, -0.2) is 8.42 Å². The van der Waals surface area contributed by atoms with Crippen LogP contribution in [0.15, 0.2) is 47.4 Å². The van der Waals surface area contributed by atoms with Crippen molar-refractivity contribution in [3.05, 3.63) is 59.2 Å². The third-order valence-corrected chi connectivity index (χ3v) is 7.72. The third kappa shape index (κ3) is 4.75. The number of benzene rings is 2. The van der Waals surface area contributed by atoms with Gasteiger partial charge in [0, 0.05) is 26.2 Å². The van der Waals surface area contributed by atoms with Gasteiger partial charge in [-0.3, -0.25) is 4.79 Å². The van der Waals surface area contributed by atoms with Crippen LogP contribution in [0.3, 0.4) is 0 Å². The zero-order valence-electron chi connectivity index (χ0n) is 17.3. The SMILES string of the molecule is O=C(COc1ccc2c(c1)CCC2)N1CCN(S(=O)(=O)c2cccc(C(F)(F)F)c2)CC1. The Bertz CT molecular complexity index is 1110. The van der Waals surface area contributed by atoms with Gasteiger partial charge < -0.3 is 9.64 Å². The van der Waals surface area contributed by atoms with E-state index in [1.807, 2.05) is 18.2 Å². The first-order valence-corrected chi connectivity index (χ1v) is 11.8. The number of fused-ring (bicyclic) bond motifs is 1. The summed E-state index contributed by atoms with van der Waals surface area (Å²) in [6, 6.07) is 9.50. The van der Waals surface area contributed by atoms with Gasteiger partial charge in [0.25, 0.3) is 5.91 Å². The van der Waals surface area contributed by atoms with E-state index in [-0.39, 0.29) is 38.7 Å². The van der Waals surface area contributed by atoms with Crippen molar-refractivity contribution in [3.8, 4) is 5.75 Å². The van der Waals surface area contributed by atoms with Crippen LogP contribution in [0.25, 0.3) is 0 Å². The second-order valence-corrected chi connectivity index (χ2v) is 9.82. The number of carbonyl (C=O) groups is 1. The maximum atomic E-state index is 12.9. The largest absolute Gasteiger partial charge is 0.484 e. The first kappa shape index (κ1) is 22.6. The van der Waals surface area contributed by atoms with Crippen LogP contribution in [0.4, 0.5) is 13.2 Å². The molecule has 0 radical (unpaired) electrons. The topological polar surface area (TPSA) is 66.9 Å². The van der Waals surface area contributed by atoms with Gasteiger partial charge in [0.15, 0.2) is 6.61 Å². The van der Waals surface area contributed by atoms with E-state index in [1.54, 1.807) is 0 Å². The summed E-state index contributed by atoms with van der Waals surface area (Å²) in [6.07, 6.45) is -1.45. The van der Waals surface area contributed by atoms with E-state index in [0.29, 0.717) is 11.8 Å². The van der Waals surface area contributed by atoms with Crippen molar-refractivity contribution in [3.63, 3.8) is 0 Å². The molecule has 1 fully saturated rings. The fourth-order valence-corrected chi connectivity index (χ4v) is 5.50. The number of halogens is 3. The highest BCUT2D eigenvalue weighted by molar-refractivity contribution is 7.89. The first-order chi connectivity index (χ1) is 15.1. The van der Waals surface area contributed by atoms with Gasteiger partial charge in [-0.15, -0.1) is 0 Å². The first-order valence-electron chi connectivity index (χ1n) is 10.3.